The number of aromatic nitrogens is 1. The summed E-state index contributed by atoms with van der Waals surface area (Å²) in [6.07, 6.45) is -0.0560. The van der Waals surface area contributed by atoms with Gasteiger partial charge >= 0.3 is 5.63 Å². The molecule has 0 aliphatic carbocycles. The smallest absolute Gasteiger partial charge is 0.340 e. The third kappa shape index (κ3) is 3.33. The molecule has 7 heteroatoms. The van der Waals surface area contributed by atoms with Gasteiger partial charge in [0.15, 0.2) is 0 Å². The van der Waals surface area contributed by atoms with E-state index in [0.717, 1.165) is 22.2 Å². The molecular weight excluding hydrogens is 336 g/mol. The third-order valence-corrected chi connectivity index (χ3v) is 4.48. The van der Waals surface area contributed by atoms with Gasteiger partial charge < -0.3 is 19.0 Å². The van der Waals surface area contributed by atoms with Gasteiger partial charge in [0.05, 0.1) is 24.8 Å². The highest BCUT2D eigenvalue weighted by molar-refractivity contribution is 5.85. The molecule has 3 rings (SSSR count). The van der Waals surface area contributed by atoms with Gasteiger partial charge in [-0.05, 0) is 38.5 Å². The minimum atomic E-state index is -0.518. The van der Waals surface area contributed by atoms with Crippen molar-refractivity contribution >= 4 is 16.9 Å². The van der Waals surface area contributed by atoms with Crippen molar-refractivity contribution < 1.29 is 18.5 Å². The van der Waals surface area contributed by atoms with Crippen LogP contribution in [-0.4, -0.2) is 18.2 Å². The number of carbonyl (C=O) groups excluding carboxylic acids is 1. The van der Waals surface area contributed by atoms with Crippen molar-refractivity contribution in [2.24, 2.45) is 0 Å². The summed E-state index contributed by atoms with van der Waals surface area (Å²) in [6, 6.07) is 5.26. The van der Waals surface area contributed by atoms with Gasteiger partial charge in [-0.3, -0.25) is 4.79 Å². The first-order valence-electron chi connectivity index (χ1n) is 8.19. The maximum absolute atomic E-state index is 12.3. The van der Waals surface area contributed by atoms with Crippen LogP contribution in [0.5, 0.6) is 5.75 Å². The van der Waals surface area contributed by atoms with Gasteiger partial charge in [-0.2, -0.15) is 0 Å². The number of ether oxygens (including phenoxy) is 1. The fourth-order valence-corrected chi connectivity index (χ4v) is 2.87. The van der Waals surface area contributed by atoms with Gasteiger partial charge in [0.25, 0.3) is 0 Å². The molecule has 0 fully saturated rings. The molecule has 0 radical (unpaired) electrons. The van der Waals surface area contributed by atoms with Crippen LogP contribution in [0.1, 0.15) is 28.1 Å². The zero-order valence-corrected chi connectivity index (χ0v) is 15.1. The van der Waals surface area contributed by atoms with Crippen LogP contribution in [0, 0.1) is 20.8 Å². The number of nitrogens with one attached hydrogen (secondary N) is 1. The molecule has 1 aromatic carbocycles. The highest BCUT2D eigenvalue weighted by Crippen LogP contribution is 2.24. The lowest BCUT2D eigenvalue weighted by Gasteiger charge is -2.09. The molecule has 136 valence electrons. The average Bonchev–Trinajstić information content (AvgIpc) is 2.94. The van der Waals surface area contributed by atoms with Crippen molar-refractivity contribution in [2.45, 2.75) is 33.7 Å². The van der Waals surface area contributed by atoms with Crippen molar-refractivity contribution in [1.82, 2.24) is 10.5 Å². The molecule has 1 amide bonds. The Kier molecular flexibility index (Phi) is 4.79. The standard InChI is InChI=1S/C19H20N2O5/c1-10-14-6-5-13(24-4)7-17(14)25-19(23)15(10)8-18(22)20-9-16-11(2)21-26-12(16)3/h5-7H,8-9H2,1-4H3,(H,20,22). The predicted molar refractivity (Wildman–Crippen MR) is 95.3 cm³/mol. The Hall–Kier alpha value is -3.09. The molecule has 0 atom stereocenters. The van der Waals surface area contributed by atoms with E-state index in [1.165, 1.54) is 0 Å². The maximum Gasteiger partial charge on any atom is 0.340 e. The molecule has 3 aromatic rings. The third-order valence-electron chi connectivity index (χ3n) is 4.48. The molecule has 0 spiro atoms. The van der Waals surface area contributed by atoms with Crippen LogP contribution in [0.15, 0.2) is 31.9 Å². The number of hydrogen-bond acceptors (Lipinski definition) is 6. The van der Waals surface area contributed by atoms with Gasteiger partial charge in [-0.15, -0.1) is 0 Å². The fourth-order valence-electron chi connectivity index (χ4n) is 2.87. The van der Waals surface area contributed by atoms with Crippen molar-refractivity contribution in [2.75, 3.05) is 7.11 Å². The van der Waals surface area contributed by atoms with E-state index in [-0.39, 0.29) is 12.3 Å². The summed E-state index contributed by atoms with van der Waals surface area (Å²) >= 11 is 0. The first kappa shape index (κ1) is 17.7. The molecule has 2 aromatic heterocycles. The molecule has 1 N–H and O–H groups in total. The number of amides is 1. The normalized spacial score (nSPS) is 10.9. The van der Waals surface area contributed by atoms with Crippen molar-refractivity contribution in [3.8, 4) is 5.75 Å². The summed E-state index contributed by atoms with van der Waals surface area (Å²) in [5, 5.41) is 7.43. The topological polar surface area (TPSA) is 94.6 Å². The van der Waals surface area contributed by atoms with Crippen LogP contribution in [-0.2, 0) is 17.8 Å². The molecule has 0 bridgehead atoms. The summed E-state index contributed by atoms with van der Waals surface area (Å²) in [6.45, 7) is 5.71. The fraction of sp³-hybridized carbons (Fsp3) is 0.316. The minimum Gasteiger partial charge on any atom is -0.497 e. The Balaban J connectivity index is 1.82. The highest BCUT2D eigenvalue weighted by atomic mass is 16.5. The Morgan fingerprint density at radius 1 is 1.23 bits per heavy atom. The largest absolute Gasteiger partial charge is 0.497 e. The summed E-state index contributed by atoms with van der Waals surface area (Å²) in [7, 11) is 1.55. The first-order chi connectivity index (χ1) is 12.4. The van der Waals surface area contributed by atoms with Crippen LogP contribution >= 0.6 is 0 Å². The zero-order chi connectivity index (χ0) is 18.8. The van der Waals surface area contributed by atoms with Gasteiger partial charge in [-0.25, -0.2) is 4.79 Å². The Morgan fingerprint density at radius 2 is 2.00 bits per heavy atom. The van der Waals surface area contributed by atoms with E-state index in [0.29, 0.717) is 29.2 Å². The van der Waals surface area contributed by atoms with Crippen molar-refractivity contribution in [3.63, 3.8) is 0 Å². The van der Waals surface area contributed by atoms with Gasteiger partial charge in [-0.1, -0.05) is 5.16 Å². The van der Waals surface area contributed by atoms with Crippen LogP contribution in [0.2, 0.25) is 0 Å². The molecule has 0 aliphatic rings. The van der Waals surface area contributed by atoms with Crippen molar-refractivity contribution in [1.29, 1.82) is 0 Å². The second kappa shape index (κ2) is 7.03. The maximum atomic E-state index is 12.3. The Bertz CT molecular complexity index is 1010. The van der Waals surface area contributed by atoms with Crippen LogP contribution in [0.3, 0.4) is 0 Å². The zero-order valence-electron chi connectivity index (χ0n) is 15.1. The molecule has 7 nitrogen and oxygen atoms in total. The minimum absolute atomic E-state index is 0.0560. The Labute approximate surface area is 149 Å². The lowest BCUT2D eigenvalue weighted by molar-refractivity contribution is -0.120. The molecule has 0 saturated heterocycles. The summed E-state index contributed by atoms with van der Waals surface area (Å²) in [4.78, 5) is 24.6. The number of fused-ring (bicyclic) bond motifs is 1. The molecular formula is C19H20N2O5. The van der Waals surface area contributed by atoms with E-state index in [1.54, 1.807) is 26.2 Å². The molecule has 0 saturated carbocycles. The lowest BCUT2D eigenvalue weighted by atomic mass is 10.0. The van der Waals surface area contributed by atoms with E-state index < -0.39 is 5.63 Å². The number of nitrogens with zero attached hydrogens (tertiary/aromatic N) is 1. The Morgan fingerprint density at radius 3 is 2.65 bits per heavy atom. The van der Waals surface area contributed by atoms with Gasteiger partial charge in [0.2, 0.25) is 5.91 Å². The highest BCUT2D eigenvalue weighted by Gasteiger charge is 2.16. The number of aryl methyl sites for hydroxylation is 3. The van der Waals surface area contributed by atoms with Gasteiger partial charge in [0, 0.05) is 23.6 Å². The van der Waals surface area contributed by atoms with E-state index >= 15 is 0 Å². The summed E-state index contributed by atoms with van der Waals surface area (Å²) in [5.74, 6) is 0.997. The van der Waals surface area contributed by atoms with Crippen LogP contribution in [0.4, 0.5) is 0 Å². The average molecular weight is 356 g/mol. The summed E-state index contributed by atoms with van der Waals surface area (Å²) in [5.41, 5.74) is 2.57. The quantitative estimate of drug-likeness (QED) is 0.706. The summed E-state index contributed by atoms with van der Waals surface area (Å²) < 4.78 is 15.6. The number of rotatable bonds is 5. The SMILES string of the molecule is COc1ccc2c(C)c(CC(=O)NCc3c(C)noc3C)c(=O)oc2c1. The lowest BCUT2D eigenvalue weighted by Crippen LogP contribution is -2.27. The predicted octanol–water partition coefficient (Wildman–Crippen LogP) is 2.57. The van der Waals surface area contributed by atoms with E-state index in [4.69, 9.17) is 13.7 Å². The first-order valence-corrected chi connectivity index (χ1v) is 8.19. The number of benzene rings is 1. The van der Waals surface area contributed by atoms with Crippen LogP contribution < -0.4 is 15.7 Å². The molecule has 0 unspecified atom stereocenters. The van der Waals surface area contributed by atoms with Crippen molar-refractivity contribution in [3.05, 3.63) is 56.8 Å². The number of carbonyl (C=O) groups is 1. The monoisotopic (exact) mass is 356 g/mol. The van der Waals surface area contributed by atoms with Crippen LogP contribution in [0.25, 0.3) is 11.0 Å². The molecule has 2 heterocycles. The van der Waals surface area contributed by atoms with E-state index in [2.05, 4.69) is 10.5 Å². The van der Waals surface area contributed by atoms with E-state index in [1.807, 2.05) is 19.9 Å². The second-order valence-corrected chi connectivity index (χ2v) is 6.11. The van der Waals surface area contributed by atoms with E-state index in [9.17, 15) is 9.59 Å². The molecule has 0 aliphatic heterocycles. The molecule has 26 heavy (non-hydrogen) atoms. The number of methoxy groups -OCH3 is 1. The number of hydrogen-bond donors (Lipinski definition) is 1. The second-order valence-electron chi connectivity index (χ2n) is 6.11. The van der Waals surface area contributed by atoms with Gasteiger partial charge in [0.1, 0.15) is 17.1 Å².